The molecule has 8 nitrogen and oxygen atoms in total. The molecule has 1 fully saturated rings. The summed E-state index contributed by atoms with van der Waals surface area (Å²) in [7, 11) is 0. The van der Waals surface area contributed by atoms with E-state index in [0.29, 0.717) is 17.3 Å². The lowest BCUT2D eigenvalue weighted by Crippen LogP contribution is -2.39. The molecular weight excluding hydrogens is 628 g/mol. The van der Waals surface area contributed by atoms with E-state index in [9.17, 15) is 31.1 Å². The second kappa shape index (κ2) is 14.3. The average molecular weight is 656 g/mol. The number of hydrogen-bond donors (Lipinski definition) is 0. The number of aldehydes is 2. The molecule has 0 radical (unpaired) electrons. The van der Waals surface area contributed by atoms with Gasteiger partial charge < -0.3 is 14.4 Å². The summed E-state index contributed by atoms with van der Waals surface area (Å²) in [4.78, 5) is 35.2. The summed E-state index contributed by atoms with van der Waals surface area (Å²) in [5.41, 5.74) is 4.82. The second-order valence-electron chi connectivity index (χ2n) is 10.2. The van der Waals surface area contributed by atoms with Crippen molar-refractivity contribution < 1.29 is 40.7 Å². The number of carbonyl (C=O) groups excluding carboxylic acids is 3. The molecule has 2 aromatic carbocycles. The van der Waals surface area contributed by atoms with Gasteiger partial charge in [-0.25, -0.2) is 0 Å². The van der Waals surface area contributed by atoms with Crippen LogP contribution < -0.4 is 4.90 Å². The first-order valence-electron chi connectivity index (χ1n) is 13.8. The quantitative estimate of drug-likeness (QED) is 0.183. The zero-order valence-corrected chi connectivity index (χ0v) is 24.4. The van der Waals surface area contributed by atoms with E-state index in [2.05, 4.69) is 37.6 Å². The minimum absolute atomic E-state index is 0.0314. The fourth-order valence-electron chi connectivity index (χ4n) is 5.02. The van der Waals surface area contributed by atoms with Crippen LogP contribution in [0.4, 0.5) is 32.0 Å². The number of amides is 1. The Balaban J connectivity index is 0.000000329. The zero-order chi connectivity index (χ0) is 32.8. The van der Waals surface area contributed by atoms with Crippen LogP contribution in [0.25, 0.3) is 22.0 Å². The molecule has 0 spiro atoms. The lowest BCUT2D eigenvalue weighted by atomic mass is 10.1. The van der Waals surface area contributed by atoms with E-state index in [1.54, 1.807) is 0 Å². The van der Waals surface area contributed by atoms with E-state index >= 15 is 0 Å². The van der Waals surface area contributed by atoms with Crippen LogP contribution >= 0.6 is 11.6 Å². The fraction of sp³-hybridized carbons (Fsp3) is 0.333. The van der Waals surface area contributed by atoms with Gasteiger partial charge in [0.15, 0.2) is 0 Å². The summed E-state index contributed by atoms with van der Waals surface area (Å²) >= 11 is 6.03. The van der Waals surface area contributed by atoms with Crippen molar-refractivity contribution in [2.24, 2.45) is 0 Å². The number of aromatic nitrogens is 3. The maximum absolute atomic E-state index is 13.4. The number of rotatable bonds is 5. The van der Waals surface area contributed by atoms with Crippen LogP contribution in [-0.4, -0.2) is 76.3 Å². The standard InChI is InChI=1S/C26H26ClN5O.2C2HF3O/c27-22-6-3-19(4-7-22)21-15-25-26(33)31(13-12-30(25)18-21)23-8-5-20-17-28-32(24(20)16-23)14-11-29-9-1-2-10-29;2*3-2(4,5)1-6/h3-8,15-18H,1-2,9-14H2;2*1H. The number of carbonyl (C=O) groups is 3. The third-order valence-electron chi connectivity index (χ3n) is 7.14. The number of alkyl halides is 6. The van der Waals surface area contributed by atoms with Crippen molar-refractivity contribution >= 4 is 46.7 Å². The smallest absolute Gasteiger partial charge is 0.341 e. The van der Waals surface area contributed by atoms with Gasteiger partial charge in [0.2, 0.25) is 12.6 Å². The Morgan fingerprint density at radius 1 is 0.800 bits per heavy atom. The van der Waals surface area contributed by atoms with Crippen LogP contribution in [0.2, 0.25) is 5.02 Å². The molecule has 0 unspecified atom stereocenters. The Bertz CT molecular complexity index is 1610. The van der Waals surface area contributed by atoms with Gasteiger partial charge in [0.05, 0.1) is 18.3 Å². The SMILES string of the molecule is O=C1c2cc(-c3ccc(Cl)cc3)cn2CCN1c1ccc2cnn(CCN3CCCC3)c2c1.O=CC(F)(F)F.O=CC(F)(F)F. The Morgan fingerprint density at radius 3 is 2.02 bits per heavy atom. The number of benzene rings is 2. The monoisotopic (exact) mass is 655 g/mol. The Labute approximate surface area is 258 Å². The maximum atomic E-state index is 13.4. The highest BCUT2D eigenvalue weighted by Crippen LogP contribution is 2.30. The van der Waals surface area contributed by atoms with Gasteiger partial charge in [-0.15, -0.1) is 0 Å². The Morgan fingerprint density at radius 2 is 1.42 bits per heavy atom. The highest BCUT2D eigenvalue weighted by Gasteiger charge is 2.28. The topological polar surface area (TPSA) is 80.4 Å². The molecule has 1 saturated heterocycles. The van der Waals surface area contributed by atoms with Gasteiger partial charge >= 0.3 is 12.4 Å². The summed E-state index contributed by atoms with van der Waals surface area (Å²) in [5, 5.41) is 6.43. The molecule has 45 heavy (non-hydrogen) atoms. The third-order valence-corrected chi connectivity index (χ3v) is 7.39. The lowest BCUT2D eigenvalue weighted by Gasteiger charge is -2.28. The van der Waals surface area contributed by atoms with E-state index in [1.807, 2.05) is 47.5 Å². The molecule has 2 aromatic heterocycles. The van der Waals surface area contributed by atoms with Crippen molar-refractivity contribution in [3.8, 4) is 11.1 Å². The largest absolute Gasteiger partial charge is 0.446 e. The molecule has 2 aliphatic heterocycles. The second-order valence-corrected chi connectivity index (χ2v) is 10.7. The van der Waals surface area contributed by atoms with E-state index in [-0.39, 0.29) is 5.91 Å². The van der Waals surface area contributed by atoms with Crippen molar-refractivity contribution in [1.82, 2.24) is 19.2 Å². The molecule has 1 amide bonds. The molecule has 2 aliphatic rings. The first kappa shape index (κ1) is 33.7. The zero-order valence-electron chi connectivity index (χ0n) is 23.7. The van der Waals surface area contributed by atoms with E-state index < -0.39 is 24.9 Å². The molecule has 0 N–H and O–H groups in total. The van der Waals surface area contributed by atoms with E-state index in [4.69, 9.17) is 21.2 Å². The van der Waals surface area contributed by atoms with Gasteiger partial charge in [-0.05, 0) is 67.9 Å². The summed E-state index contributed by atoms with van der Waals surface area (Å²) in [6.45, 7) is 5.67. The molecule has 0 atom stereocenters. The number of anilines is 1. The summed E-state index contributed by atoms with van der Waals surface area (Å²) in [6, 6.07) is 15.9. The van der Waals surface area contributed by atoms with Crippen LogP contribution in [0.5, 0.6) is 0 Å². The van der Waals surface area contributed by atoms with E-state index in [0.717, 1.165) is 47.4 Å². The van der Waals surface area contributed by atoms with Gasteiger partial charge in [0, 0.05) is 47.5 Å². The predicted molar refractivity (Wildman–Crippen MR) is 156 cm³/mol. The van der Waals surface area contributed by atoms with Gasteiger partial charge in [0.25, 0.3) is 5.91 Å². The molecule has 6 rings (SSSR count). The number of hydrogen-bond acceptors (Lipinski definition) is 5. The van der Waals surface area contributed by atoms with Crippen LogP contribution in [0.3, 0.4) is 0 Å². The van der Waals surface area contributed by atoms with Crippen LogP contribution in [0.15, 0.2) is 60.9 Å². The fourth-order valence-corrected chi connectivity index (χ4v) is 5.14. The van der Waals surface area contributed by atoms with Crippen LogP contribution in [0.1, 0.15) is 23.3 Å². The maximum Gasteiger partial charge on any atom is 0.446 e. The Kier molecular flexibility index (Phi) is 10.7. The molecule has 15 heteroatoms. The van der Waals surface area contributed by atoms with Gasteiger partial charge in [-0.1, -0.05) is 23.7 Å². The highest BCUT2D eigenvalue weighted by atomic mass is 35.5. The van der Waals surface area contributed by atoms with Crippen molar-refractivity contribution in [1.29, 1.82) is 0 Å². The molecule has 0 saturated carbocycles. The first-order chi connectivity index (χ1) is 21.3. The van der Waals surface area contributed by atoms with Crippen LogP contribution in [-0.2, 0) is 22.7 Å². The third kappa shape index (κ3) is 9.17. The molecule has 4 heterocycles. The minimum Gasteiger partial charge on any atom is -0.341 e. The predicted octanol–water partition coefficient (Wildman–Crippen LogP) is 6.41. The molecule has 240 valence electrons. The van der Waals surface area contributed by atoms with Crippen LogP contribution in [0, 0.1) is 0 Å². The van der Waals surface area contributed by atoms with Gasteiger partial charge in [-0.2, -0.15) is 31.4 Å². The molecule has 4 aromatic rings. The number of nitrogens with zero attached hydrogens (tertiary/aromatic N) is 5. The number of halogens is 7. The highest BCUT2D eigenvalue weighted by molar-refractivity contribution is 6.30. The summed E-state index contributed by atoms with van der Waals surface area (Å²) in [5.74, 6) is 0.0314. The summed E-state index contributed by atoms with van der Waals surface area (Å²) in [6.07, 6.45) is -4.83. The minimum atomic E-state index is -4.64. The first-order valence-corrected chi connectivity index (χ1v) is 14.2. The molecule has 0 bridgehead atoms. The molecular formula is C30H28ClF6N5O3. The van der Waals surface area contributed by atoms with Crippen molar-refractivity contribution in [2.45, 2.75) is 38.3 Å². The van der Waals surface area contributed by atoms with Gasteiger partial charge in [0.1, 0.15) is 5.69 Å². The Hall–Kier alpha value is -4.17. The van der Waals surface area contributed by atoms with Crippen molar-refractivity contribution in [3.63, 3.8) is 0 Å². The summed E-state index contributed by atoms with van der Waals surface area (Å²) < 4.78 is 66.6. The average Bonchev–Trinajstić information content (AvgIpc) is 3.77. The van der Waals surface area contributed by atoms with Gasteiger partial charge in [-0.3, -0.25) is 19.1 Å². The number of fused-ring (bicyclic) bond motifs is 2. The number of likely N-dealkylation sites (tertiary alicyclic amines) is 1. The van der Waals surface area contributed by atoms with E-state index in [1.165, 1.54) is 25.9 Å². The van der Waals surface area contributed by atoms with Crippen molar-refractivity contribution in [3.05, 3.63) is 71.6 Å². The van der Waals surface area contributed by atoms with Crippen molar-refractivity contribution in [2.75, 3.05) is 31.1 Å². The normalized spacial score (nSPS) is 15.2. The molecule has 0 aliphatic carbocycles. The lowest BCUT2D eigenvalue weighted by molar-refractivity contribution is -0.156.